The van der Waals surface area contributed by atoms with Gasteiger partial charge >= 0.3 is 0 Å². The van der Waals surface area contributed by atoms with Gasteiger partial charge in [0.05, 0.1) is 12.1 Å². The molecule has 3 heteroatoms. The van der Waals surface area contributed by atoms with Crippen LogP contribution in [0.2, 0.25) is 0 Å². The van der Waals surface area contributed by atoms with E-state index in [1.807, 2.05) is 19.1 Å². The van der Waals surface area contributed by atoms with Crippen molar-refractivity contribution in [2.45, 2.75) is 45.3 Å². The molecule has 0 aliphatic heterocycles. The summed E-state index contributed by atoms with van der Waals surface area (Å²) in [5.74, 6) is 0.503. The average Bonchev–Trinajstić information content (AvgIpc) is 3.22. The van der Waals surface area contributed by atoms with Gasteiger partial charge in [0.2, 0.25) is 0 Å². The molecule has 106 valence electrons. The molecule has 2 rings (SSSR count). The first kappa shape index (κ1) is 14.5. The molecule has 1 saturated carbocycles. The van der Waals surface area contributed by atoms with Crippen LogP contribution in [0.4, 0.5) is 4.39 Å². The van der Waals surface area contributed by atoms with E-state index in [0.717, 1.165) is 18.5 Å². The van der Waals surface area contributed by atoms with Crippen molar-refractivity contribution >= 4 is 0 Å². The zero-order valence-electron chi connectivity index (χ0n) is 12.1. The van der Waals surface area contributed by atoms with E-state index in [9.17, 15) is 4.39 Å². The van der Waals surface area contributed by atoms with Crippen LogP contribution in [0.5, 0.6) is 0 Å². The van der Waals surface area contributed by atoms with Crippen molar-refractivity contribution < 1.29 is 9.13 Å². The van der Waals surface area contributed by atoms with Crippen molar-refractivity contribution in [3.05, 3.63) is 35.1 Å². The van der Waals surface area contributed by atoms with Crippen LogP contribution < -0.4 is 5.32 Å². The van der Waals surface area contributed by atoms with Crippen LogP contribution >= 0.6 is 0 Å². The smallest absolute Gasteiger partial charge is 0.126 e. The average molecular weight is 265 g/mol. The normalized spacial score (nSPS) is 18.3. The number of hydrogen-bond acceptors (Lipinski definition) is 2. The lowest BCUT2D eigenvalue weighted by Crippen LogP contribution is -2.35. The highest BCUT2D eigenvalue weighted by Crippen LogP contribution is 2.40. The SMILES string of the molecule is CCCNC(c1ccc(F)c(C)c1)C(OC)C1CC1. The summed E-state index contributed by atoms with van der Waals surface area (Å²) in [6.07, 6.45) is 3.75. The number of nitrogens with one attached hydrogen (secondary N) is 1. The van der Waals surface area contributed by atoms with Crippen LogP contribution in [0.15, 0.2) is 18.2 Å². The second-order valence-electron chi connectivity index (χ2n) is 5.48. The molecule has 19 heavy (non-hydrogen) atoms. The zero-order chi connectivity index (χ0) is 13.8. The molecule has 0 bridgehead atoms. The Balaban J connectivity index is 2.21. The second kappa shape index (κ2) is 6.49. The first-order chi connectivity index (χ1) is 9.17. The first-order valence-electron chi connectivity index (χ1n) is 7.19. The molecular weight excluding hydrogens is 241 g/mol. The Kier molecular flexibility index (Phi) is 4.94. The van der Waals surface area contributed by atoms with Crippen LogP contribution in [0.1, 0.15) is 43.4 Å². The Morgan fingerprint density at radius 2 is 2.16 bits per heavy atom. The second-order valence-corrected chi connectivity index (χ2v) is 5.48. The van der Waals surface area contributed by atoms with Gasteiger partial charge in [0.25, 0.3) is 0 Å². The van der Waals surface area contributed by atoms with Crippen molar-refractivity contribution in [1.29, 1.82) is 0 Å². The Bertz CT molecular complexity index is 417. The number of benzene rings is 1. The van der Waals surface area contributed by atoms with Crippen molar-refractivity contribution in [3.8, 4) is 0 Å². The molecular formula is C16H24FNO. The van der Waals surface area contributed by atoms with Crippen LogP contribution in [0, 0.1) is 18.7 Å². The van der Waals surface area contributed by atoms with Gasteiger partial charge in [-0.3, -0.25) is 0 Å². The number of ether oxygens (including phenoxy) is 1. The summed E-state index contributed by atoms with van der Waals surface area (Å²) in [5, 5.41) is 3.56. The highest BCUT2D eigenvalue weighted by Gasteiger charge is 2.37. The number of halogens is 1. The fourth-order valence-electron chi connectivity index (χ4n) is 2.61. The molecule has 1 aromatic carbocycles. The maximum absolute atomic E-state index is 13.4. The fraction of sp³-hybridized carbons (Fsp3) is 0.625. The quantitative estimate of drug-likeness (QED) is 0.813. The lowest BCUT2D eigenvalue weighted by Gasteiger charge is -2.28. The maximum atomic E-state index is 13.4. The van der Waals surface area contributed by atoms with Gasteiger partial charge in [-0.25, -0.2) is 4.39 Å². The highest BCUT2D eigenvalue weighted by atomic mass is 19.1. The molecule has 2 nitrogen and oxygen atoms in total. The van der Waals surface area contributed by atoms with Gasteiger partial charge in [0.15, 0.2) is 0 Å². The zero-order valence-corrected chi connectivity index (χ0v) is 12.1. The summed E-state index contributed by atoms with van der Waals surface area (Å²) < 4.78 is 19.1. The summed E-state index contributed by atoms with van der Waals surface area (Å²) in [4.78, 5) is 0. The van der Waals surface area contributed by atoms with Gasteiger partial charge in [-0.15, -0.1) is 0 Å². The first-order valence-corrected chi connectivity index (χ1v) is 7.19. The van der Waals surface area contributed by atoms with Gasteiger partial charge in [-0.2, -0.15) is 0 Å². The summed E-state index contributed by atoms with van der Waals surface area (Å²) in [6, 6.07) is 5.54. The number of methoxy groups -OCH3 is 1. The number of rotatable bonds is 7. The summed E-state index contributed by atoms with van der Waals surface area (Å²) in [7, 11) is 1.78. The van der Waals surface area contributed by atoms with Crippen molar-refractivity contribution in [2.75, 3.05) is 13.7 Å². The van der Waals surface area contributed by atoms with Crippen LogP contribution in [0.3, 0.4) is 0 Å². The topological polar surface area (TPSA) is 21.3 Å². The molecule has 1 fully saturated rings. The van der Waals surface area contributed by atoms with Crippen LogP contribution in [0.25, 0.3) is 0 Å². The summed E-state index contributed by atoms with van der Waals surface area (Å²) >= 11 is 0. The Morgan fingerprint density at radius 1 is 1.42 bits per heavy atom. The summed E-state index contributed by atoms with van der Waals surface area (Å²) in [6.45, 7) is 4.92. The van der Waals surface area contributed by atoms with Crippen molar-refractivity contribution in [1.82, 2.24) is 5.32 Å². The molecule has 0 radical (unpaired) electrons. The molecule has 1 aromatic rings. The van der Waals surface area contributed by atoms with E-state index < -0.39 is 0 Å². The van der Waals surface area contributed by atoms with E-state index in [2.05, 4.69) is 12.2 Å². The van der Waals surface area contributed by atoms with E-state index in [1.54, 1.807) is 13.2 Å². The third-order valence-corrected chi connectivity index (χ3v) is 3.84. The van der Waals surface area contributed by atoms with Crippen LogP contribution in [-0.2, 0) is 4.74 Å². The van der Waals surface area contributed by atoms with E-state index in [1.165, 1.54) is 12.8 Å². The molecule has 0 heterocycles. The van der Waals surface area contributed by atoms with Gasteiger partial charge in [-0.1, -0.05) is 19.1 Å². The van der Waals surface area contributed by atoms with Crippen molar-refractivity contribution in [3.63, 3.8) is 0 Å². The van der Waals surface area contributed by atoms with E-state index in [-0.39, 0.29) is 18.0 Å². The Morgan fingerprint density at radius 3 is 2.68 bits per heavy atom. The molecule has 2 unspecified atom stereocenters. The molecule has 0 amide bonds. The predicted molar refractivity (Wildman–Crippen MR) is 75.7 cm³/mol. The standard InChI is InChI=1S/C16H24FNO/c1-4-9-18-15(16(19-3)12-5-6-12)13-7-8-14(17)11(2)10-13/h7-8,10,12,15-16,18H,4-6,9H2,1-3H3. The molecule has 0 spiro atoms. The number of aryl methyl sites for hydroxylation is 1. The largest absolute Gasteiger partial charge is 0.379 e. The monoisotopic (exact) mass is 265 g/mol. The fourth-order valence-corrected chi connectivity index (χ4v) is 2.61. The maximum Gasteiger partial charge on any atom is 0.126 e. The van der Waals surface area contributed by atoms with E-state index in [0.29, 0.717) is 11.5 Å². The van der Waals surface area contributed by atoms with Gasteiger partial charge in [0, 0.05) is 7.11 Å². The number of hydrogen-bond donors (Lipinski definition) is 1. The van der Waals surface area contributed by atoms with Gasteiger partial charge < -0.3 is 10.1 Å². The molecule has 1 aliphatic carbocycles. The lowest BCUT2D eigenvalue weighted by molar-refractivity contribution is 0.0506. The van der Waals surface area contributed by atoms with Gasteiger partial charge in [-0.05, 0) is 55.8 Å². The molecule has 2 atom stereocenters. The Labute approximate surface area is 115 Å². The van der Waals surface area contributed by atoms with Crippen LogP contribution in [-0.4, -0.2) is 19.8 Å². The molecule has 0 aromatic heterocycles. The predicted octanol–water partition coefficient (Wildman–Crippen LogP) is 3.60. The highest BCUT2D eigenvalue weighted by molar-refractivity contribution is 5.27. The van der Waals surface area contributed by atoms with Gasteiger partial charge in [0.1, 0.15) is 5.82 Å². The molecule has 1 aliphatic rings. The van der Waals surface area contributed by atoms with Crippen molar-refractivity contribution in [2.24, 2.45) is 5.92 Å². The lowest BCUT2D eigenvalue weighted by atomic mass is 9.96. The third-order valence-electron chi connectivity index (χ3n) is 3.84. The molecule has 1 N–H and O–H groups in total. The van der Waals surface area contributed by atoms with E-state index in [4.69, 9.17) is 4.74 Å². The van der Waals surface area contributed by atoms with E-state index >= 15 is 0 Å². The minimum absolute atomic E-state index is 0.140. The minimum Gasteiger partial charge on any atom is -0.379 e. The Hall–Kier alpha value is -0.930. The molecule has 0 saturated heterocycles. The third kappa shape index (κ3) is 3.54. The minimum atomic E-state index is -0.140. The summed E-state index contributed by atoms with van der Waals surface area (Å²) in [5.41, 5.74) is 1.83.